The number of anilines is 1. The second-order valence-corrected chi connectivity index (χ2v) is 6.39. The van der Waals surface area contributed by atoms with Gasteiger partial charge in [-0.05, 0) is 53.3 Å². The van der Waals surface area contributed by atoms with Crippen molar-refractivity contribution >= 4 is 11.3 Å². The van der Waals surface area contributed by atoms with Gasteiger partial charge < -0.3 is 5.32 Å². The average molecular weight is 319 g/mol. The van der Waals surface area contributed by atoms with Gasteiger partial charge in [-0.2, -0.15) is 0 Å². The maximum Gasteiger partial charge on any atom is 0.0387 e. The zero-order valence-electron chi connectivity index (χ0n) is 15.4. The van der Waals surface area contributed by atoms with Crippen molar-refractivity contribution in [2.24, 2.45) is 0 Å². The molecule has 0 saturated heterocycles. The summed E-state index contributed by atoms with van der Waals surface area (Å²) in [5.41, 5.74) is 7.36. The third kappa shape index (κ3) is 3.17. The lowest BCUT2D eigenvalue weighted by Crippen LogP contribution is -2.16. The van der Waals surface area contributed by atoms with Crippen LogP contribution in [0.1, 0.15) is 51.7 Å². The summed E-state index contributed by atoms with van der Waals surface area (Å²) in [6.45, 7) is 16.5. The van der Waals surface area contributed by atoms with Crippen molar-refractivity contribution in [1.29, 1.82) is 0 Å². The molecule has 2 aliphatic rings. The third-order valence-corrected chi connectivity index (χ3v) is 4.64. The summed E-state index contributed by atoms with van der Waals surface area (Å²) < 4.78 is 0. The molecule has 0 fully saturated rings. The highest BCUT2D eigenvalue weighted by Gasteiger charge is 2.35. The molecule has 1 heteroatoms. The van der Waals surface area contributed by atoms with Gasteiger partial charge in [0.1, 0.15) is 0 Å². The van der Waals surface area contributed by atoms with E-state index >= 15 is 0 Å². The Hall–Kier alpha value is -2.28. The molecule has 1 aromatic rings. The monoisotopic (exact) mass is 319 g/mol. The molecule has 0 amide bonds. The number of benzene rings is 1. The Labute approximate surface area is 147 Å². The van der Waals surface area contributed by atoms with Crippen LogP contribution in [0.4, 0.5) is 5.69 Å². The molecule has 0 saturated carbocycles. The van der Waals surface area contributed by atoms with Crippen LogP contribution in [-0.4, -0.2) is 0 Å². The highest BCUT2D eigenvalue weighted by molar-refractivity contribution is 5.88. The van der Waals surface area contributed by atoms with Gasteiger partial charge in [-0.1, -0.05) is 71.2 Å². The van der Waals surface area contributed by atoms with Gasteiger partial charge in [-0.15, -0.1) is 0 Å². The molecule has 2 aliphatic carbocycles. The second kappa shape index (κ2) is 7.53. The molecule has 1 nitrogen and oxygen atoms in total. The lowest BCUT2D eigenvalue weighted by atomic mass is 9.81. The minimum Gasteiger partial charge on any atom is -0.356 e. The van der Waals surface area contributed by atoms with Gasteiger partial charge in [0.15, 0.2) is 0 Å². The van der Waals surface area contributed by atoms with Gasteiger partial charge in [-0.25, -0.2) is 0 Å². The molecule has 3 rings (SSSR count). The first-order chi connectivity index (χ1) is 11.6. The Bertz CT molecular complexity index is 726. The molecule has 24 heavy (non-hydrogen) atoms. The number of hydrogen-bond acceptors (Lipinski definition) is 1. The van der Waals surface area contributed by atoms with Gasteiger partial charge in [0.05, 0.1) is 0 Å². The Morgan fingerprint density at radius 2 is 1.83 bits per heavy atom. The van der Waals surface area contributed by atoms with Gasteiger partial charge in [0.25, 0.3) is 0 Å². The van der Waals surface area contributed by atoms with Crippen molar-refractivity contribution in [2.75, 3.05) is 5.32 Å². The molecular weight excluding hydrogens is 290 g/mol. The zero-order chi connectivity index (χ0) is 17.7. The fraction of sp³-hybridized carbons (Fsp3) is 0.304. The highest BCUT2D eigenvalue weighted by atomic mass is 14.9. The lowest BCUT2D eigenvalue weighted by Gasteiger charge is -2.23. The third-order valence-electron chi connectivity index (χ3n) is 4.64. The number of rotatable bonds is 4. The Kier molecular flexibility index (Phi) is 5.66. The van der Waals surface area contributed by atoms with Crippen molar-refractivity contribution in [1.82, 2.24) is 0 Å². The summed E-state index contributed by atoms with van der Waals surface area (Å²) in [6.07, 6.45) is 12.8. The van der Waals surface area contributed by atoms with Crippen LogP contribution >= 0.6 is 0 Å². The van der Waals surface area contributed by atoms with Crippen LogP contribution in [0, 0.1) is 0 Å². The molecule has 0 aliphatic heterocycles. The quantitative estimate of drug-likeness (QED) is 0.645. The number of allylic oxidation sites excluding steroid dienone is 7. The maximum atomic E-state index is 4.00. The van der Waals surface area contributed by atoms with Crippen LogP contribution < -0.4 is 5.32 Å². The molecular formula is C23H29N. The molecule has 0 bridgehead atoms. The highest BCUT2D eigenvalue weighted by Crippen LogP contribution is 2.47. The van der Waals surface area contributed by atoms with Crippen LogP contribution in [-0.2, 0) is 5.41 Å². The van der Waals surface area contributed by atoms with E-state index in [2.05, 4.69) is 68.7 Å². The fourth-order valence-corrected chi connectivity index (χ4v) is 3.46. The Morgan fingerprint density at radius 3 is 2.42 bits per heavy atom. The first kappa shape index (κ1) is 18.1. The summed E-state index contributed by atoms with van der Waals surface area (Å²) in [4.78, 5) is 0. The van der Waals surface area contributed by atoms with E-state index in [1.807, 2.05) is 26.0 Å². The van der Waals surface area contributed by atoms with E-state index in [1.54, 1.807) is 0 Å². The number of nitrogens with one attached hydrogen (secondary N) is 1. The minimum absolute atomic E-state index is 0.0327. The van der Waals surface area contributed by atoms with Crippen LogP contribution in [0.5, 0.6) is 0 Å². The van der Waals surface area contributed by atoms with Crippen LogP contribution in [0.25, 0.3) is 5.57 Å². The molecule has 0 atom stereocenters. The lowest BCUT2D eigenvalue weighted by molar-refractivity contribution is 0.655. The molecule has 126 valence electrons. The summed E-state index contributed by atoms with van der Waals surface area (Å²) in [5.74, 6) is 0. The molecule has 0 spiro atoms. The first-order valence-electron chi connectivity index (χ1n) is 8.86. The summed E-state index contributed by atoms with van der Waals surface area (Å²) in [6, 6.07) is 6.60. The van der Waals surface area contributed by atoms with Crippen molar-refractivity contribution in [3.63, 3.8) is 0 Å². The first-order valence-corrected chi connectivity index (χ1v) is 8.86. The van der Waals surface area contributed by atoms with Crippen LogP contribution in [0.2, 0.25) is 0 Å². The van der Waals surface area contributed by atoms with E-state index in [0.717, 1.165) is 18.5 Å². The van der Waals surface area contributed by atoms with E-state index in [4.69, 9.17) is 0 Å². The molecule has 0 aromatic heterocycles. The van der Waals surface area contributed by atoms with Crippen molar-refractivity contribution in [2.45, 2.75) is 46.0 Å². The molecule has 0 heterocycles. The van der Waals surface area contributed by atoms with Gasteiger partial charge >= 0.3 is 0 Å². The maximum absolute atomic E-state index is 4.00. The predicted octanol–water partition coefficient (Wildman–Crippen LogP) is 6.78. The Morgan fingerprint density at radius 1 is 1.08 bits per heavy atom. The zero-order valence-corrected chi connectivity index (χ0v) is 15.4. The van der Waals surface area contributed by atoms with E-state index in [0.29, 0.717) is 0 Å². The topological polar surface area (TPSA) is 12.0 Å². The minimum atomic E-state index is -0.0327. The van der Waals surface area contributed by atoms with E-state index < -0.39 is 0 Å². The summed E-state index contributed by atoms with van der Waals surface area (Å²) in [7, 11) is 0. The summed E-state index contributed by atoms with van der Waals surface area (Å²) >= 11 is 0. The number of hydrogen-bond donors (Lipinski definition) is 1. The van der Waals surface area contributed by atoms with Gasteiger partial charge in [0.2, 0.25) is 0 Å². The SMILES string of the molecule is C=CC1=C(C=C)C(C)(C)c2cc(NC3=CCCC=C3)ccc21.CC. The van der Waals surface area contributed by atoms with E-state index in [9.17, 15) is 0 Å². The van der Waals surface area contributed by atoms with Gasteiger partial charge in [-0.3, -0.25) is 0 Å². The molecule has 0 radical (unpaired) electrons. The summed E-state index contributed by atoms with van der Waals surface area (Å²) in [5, 5.41) is 3.52. The number of fused-ring (bicyclic) bond motifs is 1. The van der Waals surface area contributed by atoms with Crippen LogP contribution in [0.15, 0.2) is 73.0 Å². The Balaban J connectivity index is 0.00000100. The average Bonchev–Trinajstić information content (AvgIpc) is 2.83. The van der Waals surface area contributed by atoms with Crippen LogP contribution in [0.3, 0.4) is 0 Å². The largest absolute Gasteiger partial charge is 0.356 e. The molecule has 0 unspecified atom stereocenters. The van der Waals surface area contributed by atoms with E-state index in [-0.39, 0.29) is 5.41 Å². The normalized spacial score (nSPS) is 17.4. The van der Waals surface area contributed by atoms with Crippen molar-refractivity contribution < 1.29 is 0 Å². The second-order valence-electron chi connectivity index (χ2n) is 6.39. The van der Waals surface area contributed by atoms with E-state index in [1.165, 1.54) is 28.0 Å². The molecule has 1 aromatic carbocycles. The smallest absolute Gasteiger partial charge is 0.0387 e. The van der Waals surface area contributed by atoms with Gasteiger partial charge in [0, 0.05) is 16.8 Å². The standard InChI is InChI=1S/C21H23N.C2H6/c1-5-17-18-13-12-16(22-15-10-8-7-9-11-15)14-20(18)21(3,4)19(17)6-2;1-2/h5-6,8,10-14,22H,1-2,7,9H2,3-4H3;1-2H3. The van der Waals surface area contributed by atoms with Crippen molar-refractivity contribution in [3.05, 3.63) is 84.1 Å². The van der Waals surface area contributed by atoms with Crippen molar-refractivity contribution in [3.8, 4) is 0 Å². The molecule has 1 N–H and O–H groups in total. The predicted molar refractivity (Wildman–Crippen MR) is 108 cm³/mol. The fourth-order valence-electron chi connectivity index (χ4n) is 3.46.